The number of carbonyl (C=O) groups is 3. The van der Waals surface area contributed by atoms with Crippen molar-refractivity contribution in [1.82, 2.24) is 9.80 Å². The normalized spacial score (nSPS) is 13.0. The lowest BCUT2D eigenvalue weighted by Gasteiger charge is -2.23. The number of amides is 2. The van der Waals surface area contributed by atoms with Gasteiger partial charge in [0.2, 0.25) is 11.8 Å². The standard InChI is InChI=1S/C22H38N2O6/c1-6-19(25)23(8-3)15-11-17-29-21(27)14-10-13-20(26)24(9-4)16-12-18-30-22(5,28)7-2/h6,10,13,28H,1,7-9,11-12,14-18H2,2-5H3/b13-10+. The molecule has 0 spiro atoms. The summed E-state index contributed by atoms with van der Waals surface area (Å²) in [5.74, 6) is -1.89. The Hall–Kier alpha value is -2.19. The molecule has 8 heteroatoms. The van der Waals surface area contributed by atoms with E-state index in [1.165, 1.54) is 18.2 Å². The molecular formula is C22H38N2O6. The van der Waals surface area contributed by atoms with E-state index in [1.54, 1.807) is 16.7 Å². The zero-order valence-electron chi connectivity index (χ0n) is 18.9. The number of esters is 1. The molecule has 0 radical (unpaired) electrons. The van der Waals surface area contributed by atoms with Gasteiger partial charge in [-0.25, -0.2) is 0 Å². The molecule has 0 aromatic rings. The van der Waals surface area contributed by atoms with E-state index >= 15 is 0 Å². The molecule has 0 aliphatic carbocycles. The third kappa shape index (κ3) is 12.4. The fraction of sp³-hybridized carbons (Fsp3) is 0.682. The van der Waals surface area contributed by atoms with Crippen LogP contribution in [-0.4, -0.2) is 77.9 Å². The summed E-state index contributed by atoms with van der Waals surface area (Å²) >= 11 is 0. The van der Waals surface area contributed by atoms with E-state index in [-0.39, 0.29) is 24.8 Å². The predicted molar refractivity (Wildman–Crippen MR) is 116 cm³/mol. The molecule has 0 aromatic heterocycles. The van der Waals surface area contributed by atoms with Crippen LogP contribution in [0.2, 0.25) is 0 Å². The van der Waals surface area contributed by atoms with Crippen LogP contribution in [0.3, 0.4) is 0 Å². The lowest BCUT2D eigenvalue weighted by atomic mass is 10.2. The van der Waals surface area contributed by atoms with Crippen LogP contribution in [0.15, 0.2) is 24.8 Å². The number of aliphatic hydroxyl groups is 1. The summed E-state index contributed by atoms with van der Waals surface area (Å²) < 4.78 is 10.5. The fourth-order valence-corrected chi connectivity index (χ4v) is 2.49. The average Bonchev–Trinajstić information content (AvgIpc) is 2.73. The number of hydrogen-bond donors (Lipinski definition) is 1. The van der Waals surface area contributed by atoms with E-state index in [0.29, 0.717) is 52.0 Å². The van der Waals surface area contributed by atoms with Crippen LogP contribution in [0.25, 0.3) is 0 Å². The highest BCUT2D eigenvalue weighted by Gasteiger charge is 2.17. The van der Waals surface area contributed by atoms with Gasteiger partial charge < -0.3 is 24.4 Å². The lowest BCUT2D eigenvalue weighted by molar-refractivity contribution is -0.192. The molecule has 0 bridgehead atoms. The van der Waals surface area contributed by atoms with Gasteiger partial charge in [0.15, 0.2) is 5.79 Å². The molecule has 8 nitrogen and oxygen atoms in total. The van der Waals surface area contributed by atoms with E-state index in [9.17, 15) is 19.5 Å². The number of carbonyl (C=O) groups excluding carboxylic acids is 3. The number of likely N-dealkylation sites (N-methyl/N-ethyl adjacent to an activating group) is 2. The van der Waals surface area contributed by atoms with Crippen molar-refractivity contribution in [3.05, 3.63) is 24.8 Å². The Balaban J connectivity index is 4.14. The first-order valence-corrected chi connectivity index (χ1v) is 10.6. The number of ether oxygens (including phenoxy) is 2. The molecule has 30 heavy (non-hydrogen) atoms. The minimum absolute atomic E-state index is 0.00878. The summed E-state index contributed by atoms with van der Waals surface area (Å²) in [4.78, 5) is 38.8. The molecule has 0 fully saturated rings. The second kappa shape index (κ2) is 15.6. The molecule has 2 amide bonds. The van der Waals surface area contributed by atoms with Gasteiger partial charge in [0.1, 0.15) is 0 Å². The molecule has 0 saturated heterocycles. The smallest absolute Gasteiger partial charge is 0.309 e. The SMILES string of the molecule is C=CC(=O)N(CC)CCCOC(=O)C/C=C/C(=O)N(CC)CCCOC(C)(O)CC. The van der Waals surface area contributed by atoms with Gasteiger partial charge in [0, 0.05) is 26.2 Å². The number of nitrogens with zero attached hydrogens (tertiary/aromatic N) is 2. The summed E-state index contributed by atoms with van der Waals surface area (Å²) in [5, 5.41) is 9.80. The largest absolute Gasteiger partial charge is 0.465 e. The fourth-order valence-electron chi connectivity index (χ4n) is 2.49. The average molecular weight is 427 g/mol. The lowest BCUT2D eigenvalue weighted by Crippen LogP contribution is -2.32. The first kappa shape index (κ1) is 27.8. The predicted octanol–water partition coefficient (Wildman–Crippen LogP) is 2.27. The van der Waals surface area contributed by atoms with Gasteiger partial charge >= 0.3 is 5.97 Å². The second-order valence-corrected chi connectivity index (χ2v) is 6.95. The van der Waals surface area contributed by atoms with Crippen LogP contribution in [-0.2, 0) is 23.9 Å². The van der Waals surface area contributed by atoms with E-state index < -0.39 is 11.8 Å². The second-order valence-electron chi connectivity index (χ2n) is 6.95. The van der Waals surface area contributed by atoms with Crippen LogP contribution in [0.5, 0.6) is 0 Å². The maximum absolute atomic E-state index is 12.2. The third-order valence-corrected chi connectivity index (χ3v) is 4.58. The van der Waals surface area contributed by atoms with Crippen LogP contribution in [0, 0.1) is 0 Å². The Labute approximate surface area is 180 Å². The number of rotatable bonds is 16. The van der Waals surface area contributed by atoms with E-state index in [0.717, 1.165) is 0 Å². The highest BCUT2D eigenvalue weighted by Crippen LogP contribution is 2.10. The molecule has 0 rings (SSSR count). The molecule has 1 N–H and O–H groups in total. The Kier molecular flexibility index (Phi) is 14.5. The molecular weight excluding hydrogens is 388 g/mol. The van der Waals surface area contributed by atoms with Crippen molar-refractivity contribution in [2.75, 3.05) is 39.4 Å². The molecule has 0 aromatic carbocycles. The summed E-state index contributed by atoms with van der Waals surface area (Å²) in [6, 6.07) is 0. The van der Waals surface area contributed by atoms with E-state index in [1.807, 2.05) is 20.8 Å². The molecule has 0 saturated carbocycles. The molecule has 0 aliphatic heterocycles. The number of hydrogen-bond acceptors (Lipinski definition) is 6. The van der Waals surface area contributed by atoms with Gasteiger partial charge in [-0.05, 0) is 52.2 Å². The zero-order chi connectivity index (χ0) is 23.0. The third-order valence-electron chi connectivity index (χ3n) is 4.58. The van der Waals surface area contributed by atoms with Crippen LogP contribution in [0.4, 0.5) is 0 Å². The summed E-state index contributed by atoms with van der Waals surface area (Å²) in [6.45, 7) is 13.3. The Morgan fingerprint density at radius 2 is 1.57 bits per heavy atom. The molecule has 172 valence electrons. The van der Waals surface area contributed by atoms with Gasteiger partial charge in [0.05, 0.1) is 19.6 Å². The van der Waals surface area contributed by atoms with Gasteiger partial charge in [-0.3, -0.25) is 14.4 Å². The Bertz CT molecular complexity index is 574. The molecule has 0 heterocycles. The van der Waals surface area contributed by atoms with Crippen molar-refractivity contribution in [3.8, 4) is 0 Å². The van der Waals surface area contributed by atoms with E-state index in [4.69, 9.17) is 9.47 Å². The van der Waals surface area contributed by atoms with Crippen LogP contribution in [0.1, 0.15) is 53.4 Å². The minimum Gasteiger partial charge on any atom is -0.465 e. The molecule has 1 atom stereocenters. The summed E-state index contributed by atoms with van der Waals surface area (Å²) in [7, 11) is 0. The van der Waals surface area contributed by atoms with Crippen molar-refractivity contribution in [1.29, 1.82) is 0 Å². The highest BCUT2D eigenvalue weighted by atomic mass is 16.6. The molecule has 0 aliphatic rings. The first-order chi connectivity index (χ1) is 14.2. The van der Waals surface area contributed by atoms with Gasteiger partial charge in [-0.15, -0.1) is 0 Å². The van der Waals surface area contributed by atoms with Crippen molar-refractivity contribution in [2.45, 2.75) is 59.2 Å². The van der Waals surface area contributed by atoms with Crippen LogP contribution >= 0.6 is 0 Å². The topological polar surface area (TPSA) is 96.4 Å². The van der Waals surface area contributed by atoms with Crippen molar-refractivity contribution in [3.63, 3.8) is 0 Å². The minimum atomic E-state index is -1.14. The first-order valence-electron chi connectivity index (χ1n) is 10.6. The summed E-state index contributed by atoms with van der Waals surface area (Å²) in [5.41, 5.74) is 0. The van der Waals surface area contributed by atoms with Gasteiger partial charge in [-0.2, -0.15) is 0 Å². The van der Waals surface area contributed by atoms with Crippen molar-refractivity contribution in [2.24, 2.45) is 0 Å². The van der Waals surface area contributed by atoms with Crippen molar-refractivity contribution < 1.29 is 29.0 Å². The maximum atomic E-state index is 12.2. The van der Waals surface area contributed by atoms with Gasteiger partial charge in [0.25, 0.3) is 0 Å². The summed E-state index contributed by atoms with van der Waals surface area (Å²) in [6.07, 6.45) is 5.77. The van der Waals surface area contributed by atoms with Crippen molar-refractivity contribution >= 4 is 17.8 Å². The zero-order valence-corrected chi connectivity index (χ0v) is 18.9. The quantitative estimate of drug-likeness (QED) is 0.176. The highest BCUT2D eigenvalue weighted by molar-refractivity contribution is 5.88. The van der Waals surface area contributed by atoms with Gasteiger partial charge in [-0.1, -0.05) is 19.6 Å². The Morgan fingerprint density at radius 3 is 2.10 bits per heavy atom. The Morgan fingerprint density at radius 1 is 1.00 bits per heavy atom. The van der Waals surface area contributed by atoms with Crippen LogP contribution < -0.4 is 0 Å². The monoisotopic (exact) mass is 426 g/mol. The maximum Gasteiger partial charge on any atom is 0.309 e. The molecule has 1 unspecified atom stereocenters. The van der Waals surface area contributed by atoms with E-state index in [2.05, 4.69) is 6.58 Å².